The third-order valence-electron chi connectivity index (χ3n) is 5.23. The number of hydrogen-bond acceptors (Lipinski definition) is 2. The molecule has 0 amide bonds. The Hall–Kier alpha value is -0.0800. The molecule has 1 aliphatic carbocycles. The maximum atomic E-state index is 10.9. The minimum atomic E-state index is -0.492. The van der Waals surface area contributed by atoms with Gasteiger partial charge in [0.2, 0.25) is 0 Å². The molecule has 3 unspecified atom stereocenters. The molecule has 1 heterocycles. The molecule has 2 N–H and O–H groups in total. The maximum absolute atomic E-state index is 10.9. The summed E-state index contributed by atoms with van der Waals surface area (Å²) < 4.78 is 0. The smallest absolute Gasteiger partial charge is 0.0800 e. The van der Waals surface area contributed by atoms with E-state index >= 15 is 0 Å². The van der Waals surface area contributed by atoms with Gasteiger partial charge >= 0.3 is 0 Å². The van der Waals surface area contributed by atoms with Crippen molar-refractivity contribution in [2.45, 2.75) is 76.9 Å². The minimum Gasteiger partial charge on any atom is -0.388 e. The second-order valence-electron chi connectivity index (χ2n) is 6.37. The normalized spacial score (nSPS) is 35.5. The molecule has 1 saturated heterocycles. The molecule has 1 saturated carbocycles. The van der Waals surface area contributed by atoms with Crippen LogP contribution in [0.4, 0.5) is 0 Å². The first-order chi connectivity index (χ1) is 8.14. The van der Waals surface area contributed by atoms with Gasteiger partial charge in [0.25, 0.3) is 0 Å². The SMILES string of the molecule is CCC1CCNC(C(C)(O)C2CCCCC2)C1. The average molecular weight is 239 g/mol. The number of aliphatic hydroxyl groups is 1. The highest BCUT2D eigenvalue weighted by atomic mass is 16.3. The first-order valence-electron chi connectivity index (χ1n) is 7.60. The van der Waals surface area contributed by atoms with Crippen LogP contribution < -0.4 is 5.32 Å². The summed E-state index contributed by atoms with van der Waals surface area (Å²) in [6.07, 6.45) is 10.1. The first kappa shape index (κ1) is 13.4. The van der Waals surface area contributed by atoms with E-state index in [0.29, 0.717) is 12.0 Å². The van der Waals surface area contributed by atoms with Crippen LogP contribution in [0.3, 0.4) is 0 Å². The van der Waals surface area contributed by atoms with E-state index in [-0.39, 0.29) is 0 Å². The summed E-state index contributed by atoms with van der Waals surface area (Å²) in [7, 11) is 0. The van der Waals surface area contributed by atoms with Crippen LogP contribution in [0.1, 0.15) is 65.2 Å². The van der Waals surface area contributed by atoms with Crippen LogP contribution in [0.25, 0.3) is 0 Å². The molecule has 0 spiro atoms. The fourth-order valence-electron chi connectivity index (χ4n) is 3.78. The summed E-state index contributed by atoms with van der Waals surface area (Å²) in [5.74, 6) is 1.33. The van der Waals surface area contributed by atoms with E-state index in [0.717, 1.165) is 12.5 Å². The quantitative estimate of drug-likeness (QED) is 0.793. The van der Waals surface area contributed by atoms with Gasteiger partial charge < -0.3 is 10.4 Å². The highest BCUT2D eigenvalue weighted by Gasteiger charge is 2.41. The van der Waals surface area contributed by atoms with Gasteiger partial charge in [-0.05, 0) is 51.0 Å². The molecule has 1 aliphatic heterocycles. The molecular weight excluding hydrogens is 210 g/mol. The molecule has 0 aromatic heterocycles. The van der Waals surface area contributed by atoms with Crippen molar-refractivity contribution < 1.29 is 5.11 Å². The molecule has 2 rings (SSSR count). The van der Waals surface area contributed by atoms with Gasteiger partial charge in [-0.15, -0.1) is 0 Å². The monoisotopic (exact) mass is 239 g/mol. The Morgan fingerprint density at radius 1 is 1.18 bits per heavy atom. The Bertz CT molecular complexity index is 233. The third-order valence-corrected chi connectivity index (χ3v) is 5.23. The van der Waals surface area contributed by atoms with E-state index < -0.39 is 5.60 Å². The van der Waals surface area contributed by atoms with E-state index in [4.69, 9.17) is 0 Å². The molecule has 100 valence electrons. The Morgan fingerprint density at radius 3 is 2.53 bits per heavy atom. The molecule has 3 atom stereocenters. The van der Waals surface area contributed by atoms with Crippen molar-refractivity contribution in [3.05, 3.63) is 0 Å². The third kappa shape index (κ3) is 3.03. The summed E-state index contributed by atoms with van der Waals surface area (Å²) >= 11 is 0. The van der Waals surface area contributed by atoms with E-state index in [1.165, 1.54) is 51.4 Å². The summed E-state index contributed by atoms with van der Waals surface area (Å²) in [4.78, 5) is 0. The Labute approximate surface area is 106 Å². The molecule has 0 aromatic rings. The Morgan fingerprint density at radius 2 is 1.88 bits per heavy atom. The van der Waals surface area contributed by atoms with Gasteiger partial charge in [0.1, 0.15) is 0 Å². The fourth-order valence-corrected chi connectivity index (χ4v) is 3.78. The Kier molecular flexibility index (Phi) is 4.48. The van der Waals surface area contributed by atoms with Crippen LogP contribution in [-0.2, 0) is 0 Å². The zero-order valence-corrected chi connectivity index (χ0v) is 11.5. The predicted molar refractivity (Wildman–Crippen MR) is 72.0 cm³/mol. The average Bonchev–Trinajstić information content (AvgIpc) is 2.40. The van der Waals surface area contributed by atoms with Gasteiger partial charge in [0, 0.05) is 6.04 Å². The highest BCUT2D eigenvalue weighted by Crippen LogP contribution is 2.37. The van der Waals surface area contributed by atoms with Crippen LogP contribution in [0.15, 0.2) is 0 Å². The molecular formula is C15H29NO. The van der Waals surface area contributed by atoms with Gasteiger partial charge in [-0.1, -0.05) is 32.6 Å². The van der Waals surface area contributed by atoms with E-state index in [1.54, 1.807) is 0 Å². The van der Waals surface area contributed by atoms with Gasteiger partial charge in [-0.2, -0.15) is 0 Å². The largest absolute Gasteiger partial charge is 0.388 e. The summed E-state index contributed by atoms with van der Waals surface area (Å²) in [6.45, 7) is 5.45. The summed E-state index contributed by atoms with van der Waals surface area (Å²) in [5.41, 5.74) is -0.492. The van der Waals surface area contributed by atoms with E-state index in [2.05, 4.69) is 19.2 Å². The van der Waals surface area contributed by atoms with E-state index in [1.807, 2.05) is 0 Å². The van der Waals surface area contributed by atoms with Crippen molar-refractivity contribution in [2.24, 2.45) is 11.8 Å². The van der Waals surface area contributed by atoms with Crippen molar-refractivity contribution in [3.63, 3.8) is 0 Å². The molecule has 2 heteroatoms. The number of hydrogen-bond donors (Lipinski definition) is 2. The summed E-state index contributed by atoms with van der Waals surface area (Å²) in [6, 6.07) is 0.323. The van der Waals surface area contributed by atoms with Crippen molar-refractivity contribution in [1.82, 2.24) is 5.32 Å². The molecule has 17 heavy (non-hydrogen) atoms. The topological polar surface area (TPSA) is 32.3 Å². The standard InChI is InChI=1S/C15H29NO/c1-3-12-9-10-16-14(11-12)15(2,17)13-7-5-4-6-8-13/h12-14,16-17H,3-11H2,1-2H3. The molecule has 2 aliphatic rings. The second kappa shape index (κ2) is 5.71. The van der Waals surface area contributed by atoms with Crippen LogP contribution >= 0.6 is 0 Å². The highest BCUT2D eigenvalue weighted by molar-refractivity contribution is 4.97. The number of piperidine rings is 1. The van der Waals surface area contributed by atoms with E-state index in [9.17, 15) is 5.11 Å². The van der Waals surface area contributed by atoms with Crippen LogP contribution in [-0.4, -0.2) is 23.3 Å². The minimum absolute atomic E-state index is 0.323. The van der Waals surface area contributed by atoms with Crippen molar-refractivity contribution >= 4 is 0 Å². The lowest BCUT2D eigenvalue weighted by atomic mass is 9.71. The lowest BCUT2D eigenvalue weighted by Crippen LogP contribution is -2.56. The van der Waals surface area contributed by atoms with Crippen molar-refractivity contribution in [2.75, 3.05) is 6.54 Å². The van der Waals surface area contributed by atoms with Crippen molar-refractivity contribution in [1.29, 1.82) is 0 Å². The zero-order chi connectivity index (χ0) is 12.3. The molecule has 0 bridgehead atoms. The molecule has 0 aromatic carbocycles. The summed E-state index contributed by atoms with van der Waals surface area (Å²) in [5, 5.41) is 14.5. The first-order valence-corrected chi connectivity index (χ1v) is 7.60. The van der Waals surface area contributed by atoms with Gasteiger partial charge in [0.05, 0.1) is 5.60 Å². The number of nitrogens with one attached hydrogen (secondary N) is 1. The van der Waals surface area contributed by atoms with Crippen LogP contribution in [0.5, 0.6) is 0 Å². The lowest BCUT2D eigenvalue weighted by Gasteiger charge is -2.45. The maximum Gasteiger partial charge on any atom is 0.0800 e. The van der Waals surface area contributed by atoms with Crippen LogP contribution in [0.2, 0.25) is 0 Å². The van der Waals surface area contributed by atoms with Crippen LogP contribution in [0, 0.1) is 11.8 Å². The number of rotatable bonds is 3. The second-order valence-corrected chi connectivity index (χ2v) is 6.37. The predicted octanol–water partition coefficient (Wildman–Crippen LogP) is 3.10. The fraction of sp³-hybridized carbons (Fsp3) is 1.00. The van der Waals surface area contributed by atoms with Gasteiger partial charge in [-0.25, -0.2) is 0 Å². The zero-order valence-electron chi connectivity index (χ0n) is 11.5. The Balaban J connectivity index is 1.97. The lowest BCUT2D eigenvalue weighted by molar-refractivity contribution is -0.0597. The van der Waals surface area contributed by atoms with Gasteiger partial charge in [-0.3, -0.25) is 0 Å². The molecule has 0 radical (unpaired) electrons. The van der Waals surface area contributed by atoms with Crippen molar-refractivity contribution in [3.8, 4) is 0 Å². The molecule has 2 nitrogen and oxygen atoms in total. The molecule has 2 fully saturated rings. The van der Waals surface area contributed by atoms with Gasteiger partial charge in [0.15, 0.2) is 0 Å².